The van der Waals surface area contributed by atoms with Crippen molar-refractivity contribution in [2.24, 2.45) is 4.99 Å². The summed E-state index contributed by atoms with van der Waals surface area (Å²) in [5.74, 6) is 0.919. The maximum Gasteiger partial charge on any atom is 0.279 e. The lowest BCUT2D eigenvalue weighted by Gasteiger charge is -2.01. The summed E-state index contributed by atoms with van der Waals surface area (Å²) in [6.45, 7) is 6.62. The molecule has 0 saturated carbocycles. The van der Waals surface area contributed by atoms with Gasteiger partial charge in [-0.1, -0.05) is 23.5 Å². The van der Waals surface area contributed by atoms with Crippen LogP contribution >= 0.6 is 11.3 Å². The van der Waals surface area contributed by atoms with Gasteiger partial charge in [0.15, 0.2) is 16.3 Å². The van der Waals surface area contributed by atoms with E-state index in [9.17, 15) is 4.79 Å². The number of ether oxygens (including phenoxy) is 2. The number of nitrogens with zero attached hydrogens (tertiary/aromatic N) is 2. The zero-order chi connectivity index (χ0) is 17.4. The first-order valence-electron chi connectivity index (χ1n) is 7.85. The van der Waals surface area contributed by atoms with Crippen molar-refractivity contribution in [3.05, 3.63) is 65.0 Å². The van der Waals surface area contributed by atoms with Crippen LogP contribution in [0.5, 0.6) is 11.5 Å². The summed E-state index contributed by atoms with van der Waals surface area (Å²) >= 11 is 1.50. The van der Waals surface area contributed by atoms with E-state index >= 15 is 0 Å². The summed E-state index contributed by atoms with van der Waals surface area (Å²) in [7, 11) is 0. The van der Waals surface area contributed by atoms with Gasteiger partial charge in [0.25, 0.3) is 5.91 Å². The Balaban J connectivity index is 1.81. The molecule has 1 aromatic heterocycles. The first-order valence-corrected chi connectivity index (χ1v) is 8.67. The van der Waals surface area contributed by atoms with Crippen molar-refractivity contribution in [3.63, 3.8) is 0 Å². The maximum absolute atomic E-state index is 12.6. The molecule has 0 saturated heterocycles. The topological polar surface area (TPSA) is 52.8 Å². The molecule has 5 nitrogen and oxygen atoms in total. The predicted octanol–water partition coefficient (Wildman–Crippen LogP) is 3.67. The van der Waals surface area contributed by atoms with E-state index in [1.807, 2.05) is 11.5 Å². The van der Waals surface area contributed by atoms with E-state index in [-0.39, 0.29) is 12.7 Å². The van der Waals surface area contributed by atoms with Crippen molar-refractivity contribution in [2.75, 3.05) is 6.79 Å². The van der Waals surface area contributed by atoms with Gasteiger partial charge in [-0.25, -0.2) is 0 Å². The Morgan fingerprint density at radius 2 is 2.12 bits per heavy atom. The highest BCUT2D eigenvalue weighted by Gasteiger charge is 2.16. The smallest absolute Gasteiger partial charge is 0.279 e. The number of amides is 1. The van der Waals surface area contributed by atoms with Crippen LogP contribution in [0.4, 0.5) is 0 Å². The molecule has 1 aliphatic heterocycles. The normalized spacial score (nSPS) is 13.4. The fraction of sp³-hybridized carbons (Fsp3) is 0.158. The van der Waals surface area contributed by atoms with Crippen LogP contribution in [0.1, 0.15) is 15.9 Å². The van der Waals surface area contributed by atoms with Crippen molar-refractivity contribution in [3.8, 4) is 11.5 Å². The van der Waals surface area contributed by atoms with Crippen LogP contribution in [0.25, 0.3) is 10.2 Å². The highest BCUT2D eigenvalue weighted by molar-refractivity contribution is 7.16. The molecule has 0 spiro atoms. The average Bonchev–Trinajstić information content (AvgIpc) is 3.19. The Bertz CT molecular complexity index is 1060. The molecule has 3 aromatic rings. The number of thiazole rings is 1. The number of allylic oxidation sites excluding steroid dienone is 1. The van der Waals surface area contributed by atoms with Crippen LogP contribution in [-0.4, -0.2) is 17.3 Å². The van der Waals surface area contributed by atoms with Crippen molar-refractivity contribution in [1.29, 1.82) is 0 Å². The van der Waals surface area contributed by atoms with Crippen molar-refractivity contribution in [2.45, 2.75) is 13.5 Å². The SMILES string of the molecule is C=CCn1c(=NC(=O)c2ccc3c(c2)OCO3)sc2cc(C)ccc21. The number of benzene rings is 2. The van der Waals surface area contributed by atoms with Gasteiger partial charge in [0, 0.05) is 12.1 Å². The second-order valence-electron chi connectivity index (χ2n) is 5.74. The minimum Gasteiger partial charge on any atom is -0.454 e. The van der Waals surface area contributed by atoms with Crippen molar-refractivity contribution < 1.29 is 14.3 Å². The molecule has 0 radical (unpaired) electrons. The number of rotatable bonds is 3. The summed E-state index contributed by atoms with van der Waals surface area (Å²) in [5.41, 5.74) is 2.70. The second-order valence-corrected chi connectivity index (χ2v) is 6.75. The highest BCUT2D eigenvalue weighted by Crippen LogP contribution is 2.32. The quantitative estimate of drug-likeness (QED) is 0.676. The van der Waals surface area contributed by atoms with Gasteiger partial charge in [0.2, 0.25) is 6.79 Å². The first kappa shape index (κ1) is 15.7. The maximum atomic E-state index is 12.6. The minimum atomic E-state index is -0.306. The lowest BCUT2D eigenvalue weighted by atomic mass is 10.2. The van der Waals surface area contributed by atoms with Crippen LogP contribution in [0.3, 0.4) is 0 Å². The molecule has 0 bridgehead atoms. The van der Waals surface area contributed by atoms with Crippen LogP contribution < -0.4 is 14.3 Å². The van der Waals surface area contributed by atoms with Gasteiger partial charge in [-0.3, -0.25) is 4.79 Å². The molecule has 4 rings (SSSR count). The summed E-state index contributed by atoms with van der Waals surface area (Å²) in [6.07, 6.45) is 1.80. The van der Waals surface area contributed by atoms with Crippen LogP contribution in [-0.2, 0) is 6.54 Å². The average molecular weight is 352 g/mol. The molecule has 0 N–H and O–H groups in total. The molecule has 1 amide bonds. The standard InChI is InChI=1S/C19H16N2O3S/c1-3-8-21-14-6-4-12(2)9-17(14)25-19(21)20-18(22)13-5-7-15-16(10-13)24-11-23-15/h3-7,9-10H,1,8,11H2,2H3. The van der Waals surface area contributed by atoms with Gasteiger partial charge in [-0.05, 0) is 42.8 Å². The highest BCUT2D eigenvalue weighted by atomic mass is 32.1. The largest absolute Gasteiger partial charge is 0.454 e. The Labute approximate surface area is 148 Å². The lowest BCUT2D eigenvalue weighted by molar-refractivity contribution is 0.0997. The Hall–Kier alpha value is -2.86. The van der Waals surface area contributed by atoms with Gasteiger partial charge >= 0.3 is 0 Å². The van der Waals surface area contributed by atoms with E-state index in [1.54, 1.807) is 24.3 Å². The van der Waals surface area contributed by atoms with Crippen molar-refractivity contribution in [1.82, 2.24) is 4.57 Å². The van der Waals surface area contributed by atoms with Gasteiger partial charge < -0.3 is 14.0 Å². The van der Waals surface area contributed by atoms with E-state index in [0.717, 1.165) is 10.2 Å². The number of hydrogen-bond donors (Lipinski definition) is 0. The third kappa shape index (κ3) is 2.85. The third-order valence-corrected chi connectivity index (χ3v) is 5.01. The second kappa shape index (κ2) is 6.22. The third-order valence-electron chi connectivity index (χ3n) is 3.97. The zero-order valence-corrected chi connectivity index (χ0v) is 14.5. The Kier molecular flexibility index (Phi) is 3.89. The lowest BCUT2D eigenvalue weighted by Crippen LogP contribution is -2.16. The Morgan fingerprint density at radius 1 is 1.28 bits per heavy atom. The molecule has 6 heteroatoms. The van der Waals surface area contributed by atoms with Gasteiger partial charge in [0.05, 0.1) is 10.2 Å². The molecular formula is C19H16N2O3S. The van der Waals surface area contributed by atoms with E-state index < -0.39 is 0 Å². The summed E-state index contributed by atoms with van der Waals surface area (Å²) in [5, 5.41) is 0. The molecular weight excluding hydrogens is 336 g/mol. The fourth-order valence-corrected chi connectivity index (χ4v) is 3.89. The van der Waals surface area contributed by atoms with E-state index in [0.29, 0.717) is 28.4 Å². The van der Waals surface area contributed by atoms with Gasteiger partial charge in [-0.15, -0.1) is 6.58 Å². The molecule has 0 atom stereocenters. The monoisotopic (exact) mass is 352 g/mol. The predicted molar refractivity (Wildman–Crippen MR) is 97.2 cm³/mol. The molecule has 0 aliphatic carbocycles. The van der Waals surface area contributed by atoms with E-state index in [2.05, 4.69) is 29.8 Å². The summed E-state index contributed by atoms with van der Waals surface area (Å²) in [6, 6.07) is 11.3. The number of aromatic nitrogens is 1. The fourth-order valence-electron chi connectivity index (χ4n) is 2.75. The number of carbonyl (C=O) groups is 1. The van der Waals surface area contributed by atoms with E-state index in [4.69, 9.17) is 9.47 Å². The number of carbonyl (C=O) groups excluding carboxylic acids is 1. The van der Waals surface area contributed by atoms with Crippen molar-refractivity contribution >= 4 is 27.5 Å². The van der Waals surface area contributed by atoms with Gasteiger partial charge in [-0.2, -0.15) is 4.99 Å². The van der Waals surface area contributed by atoms with Crippen LogP contribution in [0.2, 0.25) is 0 Å². The number of hydrogen-bond acceptors (Lipinski definition) is 4. The van der Waals surface area contributed by atoms with Crippen LogP contribution in [0.15, 0.2) is 54.0 Å². The number of fused-ring (bicyclic) bond motifs is 2. The molecule has 0 fully saturated rings. The minimum absolute atomic E-state index is 0.180. The molecule has 2 heterocycles. The molecule has 0 unspecified atom stereocenters. The zero-order valence-electron chi connectivity index (χ0n) is 13.7. The first-order chi connectivity index (χ1) is 12.2. The molecule has 126 valence electrons. The molecule has 2 aromatic carbocycles. The Morgan fingerprint density at radius 3 is 2.96 bits per heavy atom. The summed E-state index contributed by atoms with van der Waals surface area (Å²) < 4.78 is 13.7. The van der Waals surface area contributed by atoms with E-state index in [1.165, 1.54) is 16.9 Å². The number of aryl methyl sites for hydroxylation is 1. The molecule has 1 aliphatic rings. The summed E-state index contributed by atoms with van der Waals surface area (Å²) in [4.78, 5) is 17.6. The molecule has 25 heavy (non-hydrogen) atoms. The van der Waals surface area contributed by atoms with Crippen LogP contribution in [0, 0.1) is 6.92 Å². The van der Waals surface area contributed by atoms with Gasteiger partial charge in [0.1, 0.15) is 0 Å².